The molecule has 1 aliphatic heterocycles. The summed E-state index contributed by atoms with van der Waals surface area (Å²) in [6.07, 6.45) is 4.85. The highest BCUT2D eigenvalue weighted by Crippen LogP contribution is 2.15. The minimum Gasteiger partial charge on any atom is -0.361 e. The van der Waals surface area contributed by atoms with Crippen molar-refractivity contribution < 1.29 is 9.32 Å². The molecular weight excluding hydrogens is 278 g/mol. The van der Waals surface area contributed by atoms with Crippen LogP contribution in [-0.4, -0.2) is 23.7 Å². The average molecular weight is 302 g/mol. The highest BCUT2D eigenvalue weighted by molar-refractivity contribution is 5.85. The van der Waals surface area contributed by atoms with Gasteiger partial charge in [-0.15, -0.1) is 12.4 Å². The zero-order valence-corrected chi connectivity index (χ0v) is 13.0. The summed E-state index contributed by atoms with van der Waals surface area (Å²) in [6.45, 7) is 5.54. The Kier molecular flexibility index (Phi) is 7.02. The summed E-state index contributed by atoms with van der Waals surface area (Å²) in [6, 6.07) is -0.0382. The molecule has 1 fully saturated rings. The van der Waals surface area contributed by atoms with Gasteiger partial charge in [0.15, 0.2) is 0 Å². The van der Waals surface area contributed by atoms with E-state index in [1.165, 1.54) is 0 Å². The summed E-state index contributed by atoms with van der Waals surface area (Å²) in [5, 5.41) is 10.3. The predicted molar refractivity (Wildman–Crippen MR) is 80.0 cm³/mol. The summed E-state index contributed by atoms with van der Waals surface area (Å²) >= 11 is 0. The Morgan fingerprint density at radius 1 is 1.40 bits per heavy atom. The van der Waals surface area contributed by atoms with Gasteiger partial charge in [-0.05, 0) is 25.8 Å². The Balaban J connectivity index is 0.00000200. The third-order valence-corrected chi connectivity index (χ3v) is 3.67. The molecule has 2 heterocycles. The number of nitrogens with one attached hydrogen (secondary N) is 2. The van der Waals surface area contributed by atoms with Crippen LogP contribution in [0, 0.1) is 0 Å². The van der Waals surface area contributed by atoms with Crippen LogP contribution in [0.15, 0.2) is 4.52 Å². The van der Waals surface area contributed by atoms with Crippen LogP contribution in [0.2, 0.25) is 0 Å². The quantitative estimate of drug-likeness (QED) is 0.873. The largest absolute Gasteiger partial charge is 0.361 e. The fraction of sp³-hybridized carbons (Fsp3) is 0.714. The standard InChI is InChI=1S/C14H23N3O2.ClH/c1-3-11-10(13(4-2)19-17-11)9-16-14(18)12-7-5-6-8-15-12;/h12,15H,3-9H2,1-2H3,(H,16,18);1H. The van der Waals surface area contributed by atoms with Crippen molar-refractivity contribution in [1.29, 1.82) is 0 Å². The second kappa shape index (κ2) is 8.27. The molecule has 0 saturated carbocycles. The lowest BCUT2D eigenvalue weighted by Gasteiger charge is -2.22. The van der Waals surface area contributed by atoms with E-state index in [1.54, 1.807) is 0 Å². The van der Waals surface area contributed by atoms with Gasteiger partial charge < -0.3 is 15.2 Å². The van der Waals surface area contributed by atoms with E-state index in [1.807, 2.05) is 13.8 Å². The van der Waals surface area contributed by atoms with E-state index in [-0.39, 0.29) is 24.4 Å². The molecule has 1 aromatic rings. The van der Waals surface area contributed by atoms with Crippen LogP contribution in [-0.2, 0) is 24.2 Å². The number of carbonyl (C=O) groups excluding carboxylic acids is 1. The molecule has 5 nitrogen and oxygen atoms in total. The highest BCUT2D eigenvalue weighted by Gasteiger charge is 2.21. The Morgan fingerprint density at radius 3 is 2.80 bits per heavy atom. The molecule has 114 valence electrons. The maximum atomic E-state index is 12.1. The molecule has 2 rings (SSSR count). The van der Waals surface area contributed by atoms with Crippen molar-refractivity contribution in [3.63, 3.8) is 0 Å². The number of nitrogens with zero attached hydrogens (tertiary/aromatic N) is 1. The number of halogens is 1. The first-order valence-corrected chi connectivity index (χ1v) is 7.23. The van der Waals surface area contributed by atoms with E-state index in [9.17, 15) is 4.79 Å². The number of piperidine rings is 1. The van der Waals surface area contributed by atoms with Gasteiger partial charge in [-0.25, -0.2) is 0 Å². The van der Waals surface area contributed by atoms with Gasteiger partial charge in [-0.1, -0.05) is 25.4 Å². The highest BCUT2D eigenvalue weighted by atomic mass is 35.5. The second-order valence-corrected chi connectivity index (χ2v) is 4.96. The minimum atomic E-state index is -0.0382. The van der Waals surface area contributed by atoms with Crippen molar-refractivity contribution >= 4 is 18.3 Å². The molecular formula is C14H24ClN3O2. The summed E-state index contributed by atoms with van der Waals surface area (Å²) < 4.78 is 5.30. The number of rotatable bonds is 5. The van der Waals surface area contributed by atoms with Gasteiger partial charge in [0.05, 0.1) is 11.7 Å². The maximum Gasteiger partial charge on any atom is 0.237 e. The Hall–Kier alpha value is -1.07. The van der Waals surface area contributed by atoms with Crippen LogP contribution >= 0.6 is 12.4 Å². The molecule has 0 radical (unpaired) electrons. The van der Waals surface area contributed by atoms with Crippen LogP contribution in [0.25, 0.3) is 0 Å². The first-order chi connectivity index (χ1) is 9.26. The third-order valence-electron chi connectivity index (χ3n) is 3.67. The fourth-order valence-corrected chi connectivity index (χ4v) is 2.51. The van der Waals surface area contributed by atoms with Crippen molar-refractivity contribution in [3.05, 3.63) is 17.0 Å². The molecule has 1 atom stereocenters. The number of amides is 1. The minimum absolute atomic E-state index is 0. The van der Waals surface area contributed by atoms with E-state index in [0.717, 1.165) is 55.7 Å². The first kappa shape index (κ1) is 17.0. The zero-order chi connectivity index (χ0) is 13.7. The lowest BCUT2D eigenvalue weighted by molar-refractivity contribution is -0.123. The first-order valence-electron chi connectivity index (χ1n) is 7.23. The van der Waals surface area contributed by atoms with Gasteiger partial charge in [0, 0.05) is 18.5 Å². The van der Waals surface area contributed by atoms with E-state index in [4.69, 9.17) is 4.52 Å². The summed E-state index contributed by atoms with van der Waals surface area (Å²) in [7, 11) is 0. The molecule has 1 aliphatic rings. The molecule has 2 N–H and O–H groups in total. The molecule has 1 unspecified atom stereocenters. The van der Waals surface area contributed by atoms with Gasteiger partial charge in [0.2, 0.25) is 5.91 Å². The molecule has 0 spiro atoms. The summed E-state index contributed by atoms with van der Waals surface area (Å²) in [4.78, 5) is 12.1. The predicted octanol–water partition coefficient (Wildman–Crippen LogP) is 1.98. The number of aryl methyl sites for hydroxylation is 2. The normalized spacial score (nSPS) is 18.4. The molecule has 0 aromatic carbocycles. The SMILES string of the molecule is CCc1noc(CC)c1CNC(=O)C1CCCCN1.Cl. The number of hydrogen-bond acceptors (Lipinski definition) is 4. The lowest BCUT2D eigenvalue weighted by Crippen LogP contribution is -2.46. The fourth-order valence-electron chi connectivity index (χ4n) is 2.51. The van der Waals surface area contributed by atoms with E-state index >= 15 is 0 Å². The molecule has 0 aliphatic carbocycles. The monoisotopic (exact) mass is 301 g/mol. The van der Waals surface area contributed by atoms with Crippen LogP contribution in [0.3, 0.4) is 0 Å². The van der Waals surface area contributed by atoms with Crippen LogP contribution in [0.1, 0.15) is 50.1 Å². The number of carbonyl (C=O) groups is 1. The Bertz CT molecular complexity index is 407. The van der Waals surface area contributed by atoms with Gasteiger partial charge in [0.25, 0.3) is 0 Å². The number of aromatic nitrogens is 1. The van der Waals surface area contributed by atoms with Crippen molar-refractivity contribution in [3.8, 4) is 0 Å². The van der Waals surface area contributed by atoms with Gasteiger partial charge in [-0.3, -0.25) is 4.79 Å². The van der Waals surface area contributed by atoms with Crippen LogP contribution in [0.4, 0.5) is 0 Å². The maximum absolute atomic E-state index is 12.1. The average Bonchev–Trinajstić information content (AvgIpc) is 2.87. The van der Waals surface area contributed by atoms with Crippen molar-refractivity contribution in [2.75, 3.05) is 6.54 Å². The Morgan fingerprint density at radius 2 is 2.20 bits per heavy atom. The zero-order valence-electron chi connectivity index (χ0n) is 12.2. The molecule has 0 bridgehead atoms. The van der Waals surface area contributed by atoms with Crippen LogP contribution < -0.4 is 10.6 Å². The van der Waals surface area contributed by atoms with Gasteiger partial charge in [0.1, 0.15) is 5.76 Å². The summed E-state index contributed by atoms with van der Waals surface area (Å²) in [5.74, 6) is 0.971. The van der Waals surface area contributed by atoms with Crippen molar-refractivity contribution in [2.24, 2.45) is 0 Å². The van der Waals surface area contributed by atoms with Crippen LogP contribution in [0.5, 0.6) is 0 Å². The molecule has 1 amide bonds. The third kappa shape index (κ3) is 3.96. The van der Waals surface area contributed by atoms with Crippen molar-refractivity contribution in [2.45, 2.75) is 58.5 Å². The van der Waals surface area contributed by atoms with Gasteiger partial charge >= 0.3 is 0 Å². The molecule has 1 aromatic heterocycles. The number of hydrogen-bond donors (Lipinski definition) is 2. The van der Waals surface area contributed by atoms with Crippen molar-refractivity contribution in [1.82, 2.24) is 15.8 Å². The van der Waals surface area contributed by atoms with E-state index in [0.29, 0.717) is 6.54 Å². The molecule has 1 saturated heterocycles. The van der Waals surface area contributed by atoms with E-state index in [2.05, 4.69) is 15.8 Å². The van der Waals surface area contributed by atoms with E-state index < -0.39 is 0 Å². The summed E-state index contributed by atoms with van der Waals surface area (Å²) in [5.41, 5.74) is 2.00. The van der Waals surface area contributed by atoms with Gasteiger partial charge in [-0.2, -0.15) is 0 Å². The smallest absolute Gasteiger partial charge is 0.237 e. The second-order valence-electron chi connectivity index (χ2n) is 4.96. The lowest BCUT2D eigenvalue weighted by atomic mass is 10.0. The topological polar surface area (TPSA) is 67.2 Å². The molecule has 20 heavy (non-hydrogen) atoms. The molecule has 6 heteroatoms. The Labute approximate surface area is 126 Å².